The van der Waals surface area contributed by atoms with E-state index in [0.29, 0.717) is 29.4 Å². The Morgan fingerprint density at radius 2 is 1.88 bits per heavy atom. The van der Waals surface area contributed by atoms with Gasteiger partial charge in [0.15, 0.2) is 5.76 Å². The number of aromatic nitrogens is 1. The quantitative estimate of drug-likeness (QED) is 0.354. The lowest BCUT2D eigenvalue weighted by molar-refractivity contribution is 0.101. The zero-order chi connectivity index (χ0) is 22.2. The first-order valence-corrected chi connectivity index (χ1v) is 10.5. The molecule has 1 aromatic heterocycles. The molecular weight excluding hydrogens is 398 g/mol. The van der Waals surface area contributed by atoms with Gasteiger partial charge in [0.2, 0.25) is 5.78 Å². The smallest absolute Gasteiger partial charge is 0.232 e. The van der Waals surface area contributed by atoms with Crippen LogP contribution in [0.15, 0.2) is 79.2 Å². The Balaban J connectivity index is 1.41. The summed E-state index contributed by atoms with van der Waals surface area (Å²) in [5.41, 5.74) is 5.62. The number of para-hydroxylation sites is 1. The lowest BCUT2D eigenvalue weighted by Crippen LogP contribution is -2.00. The highest BCUT2D eigenvalue weighted by Gasteiger charge is 2.30. The number of carbonyl (C=O) groups is 1. The van der Waals surface area contributed by atoms with Crippen molar-refractivity contribution in [2.45, 2.75) is 13.5 Å². The van der Waals surface area contributed by atoms with Gasteiger partial charge in [-0.2, -0.15) is 0 Å². The molecule has 1 aliphatic heterocycles. The van der Waals surface area contributed by atoms with Gasteiger partial charge in [-0.25, -0.2) is 0 Å². The van der Waals surface area contributed by atoms with Crippen LogP contribution in [-0.4, -0.2) is 10.4 Å². The van der Waals surface area contributed by atoms with Gasteiger partial charge in [-0.15, -0.1) is 0 Å². The predicted molar refractivity (Wildman–Crippen MR) is 128 cm³/mol. The number of ketones is 1. The van der Waals surface area contributed by atoms with Crippen LogP contribution >= 0.6 is 0 Å². The topological polar surface area (TPSA) is 40.5 Å². The molecule has 0 aliphatic carbocycles. The highest BCUT2D eigenvalue weighted by Crippen LogP contribution is 2.38. The van der Waals surface area contributed by atoms with E-state index in [2.05, 4.69) is 12.6 Å². The first kappa shape index (κ1) is 19.9. The molecule has 0 saturated carbocycles. The molecule has 0 N–H and O–H groups in total. The van der Waals surface area contributed by atoms with Gasteiger partial charge in [0.1, 0.15) is 18.1 Å². The van der Waals surface area contributed by atoms with Crippen molar-refractivity contribution in [1.29, 1.82) is 0 Å². The second-order valence-corrected chi connectivity index (χ2v) is 8.00. The first-order valence-electron chi connectivity index (χ1n) is 10.5. The van der Waals surface area contributed by atoms with Crippen LogP contribution < -0.4 is 9.47 Å². The van der Waals surface area contributed by atoms with Crippen molar-refractivity contribution < 1.29 is 14.3 Å². The molecule has 0 bridgehead atoms. The molecule has 2 heterocycles. The number of fused-ring (bicyclic) bond motifs is 2. The fraction of sp³-hybridized carbons (Fsp3) is 0.107. The Labute approximate surface area is 187 Å². The minimum Gasteiger partial charge on any atom is -0.489 e. The molecule has 4 heteroatoms. The molecule has 4 aromatic rings. The first-order chi connectivity index (χ1) is 15.5. The number of nitrogens with zero attached hydrogens (tertiary/aromatic N) is 1. The number of benzene rings is 3. The molecule has 0 radical (unpaired) electrons. The number of aryl methyl sites for hydroxylation is 2. The standard InChI is InChI=1S/C28H23NO3/c1-4-19-9-11-20(12-10-19)17-31-22-13-18(2)27-25(15-22)32-26(28(27)30)14-21-16-29(3)24-8-6-5-7-23(21)24/h4-16H,1,17H2,2-3H3/b26-14-. The molecule has 0 fully saturated rings. The molecule has 4 nitrogen and oxygen atoms in total. The number of Topliss-reactive ketones (excluding diaryl/α,β-unsaturated/α-hetero) is 1. The highest BCUT2D eigenvalue weighted by molar-refractivity contribution is 6.16. The average molecular weight is 421 g/mol. The lowest BCUT2D eigenvalue weighted by atomic mass is 10.0. The fourth-order valence-electron chi connectivity index (χ4n) is 4.11. The molecule has 3 aromatic carbocycles. The second kappa shape index (κ2) is 7.89. The number of hydrogen-bond acceptors (Lipinski definition) is 3. The van der Waals surface area contributed by atoms with Crippen molar-refractivity contribution in [2.75, 3.05) is 0 Å². The summed E-state index contributed by atoms with van der Waals surface area (Å²) in [5.74, 6) is 1.44. The van der Waals surface area contributed by atoms with E-state index in [1.807, 2.05) is 85.4 Å². The van der Waals surface area contributed by atoms with Gasteiger partial charge in [-0.3, -0.25) is 4.79 Å². The van der Waals surface area contributed by atoms with Crippen LogP contribution in [0.4, 0.5) is 0 Å². The molecule has 158 valence electrons. The monoisotopic (exact) mass is 421 g/mol. The highest BCUT2D eigenvalue weighted by atomic mass is 16.5. The van der Waals surface area contributed by atoms with Gasteiger partial charge in [-0.1, -0.05) is 55.1 Å². The maximum absolute atomic E-state index is 13.1. The molecule has 0 atom stereocenters. The van der Waals surface area contributed by atoms with E-state index < -0.39 is 0 Å². The largest absolute Gasteiger partial charge is 0.489 e. The third-order valence-corrected chi connectivity index (χ3v) is 5.78. The fourth-order valence-corrected chi connectivity index (χ4v) is 4.11. The third kappa shape index (κ3) is 3.50. The number of allylic oxidation sites excluding steroid dienone is 1. The minimum atomic E-state index is -0.100. The molecule has 0 unspecified atom stereocenters. The van der Waals surface area contributed by atoms with Gasteiger partial charge >= 0.3 is 0 Å². The van der Waals surface area contributed by atoms with E-state index in [9.17, 15) is 4.79 Å². The van der Waals surface area contributed by atoms with Crippen molar-refractivity contribution in [3.63, 3.8) is 0 Å². The van der Waals surface area contributed by atoms with Gasteiger partial charge < -0.3 is 14.0 Å². The molecule has 5 rings (SSSR count). The van der Waals surface area contributed by atoms with E-state index in [1.165, 1.54) is 0 Å². The van der Waals surface area contributed by atoms with E-state index in [1.54, 1.807) is 6.07 Å². The summed E-state index contributed by atoms with van der Waals surface area (Å²) in [6.45, 7) is 6.12. The van der Waals surface area contributed by atoms with E-state index in [-0.39, 0.29) is 5.78 Å². The maximum atomic E-state index is 13.1. The SMILES string of the molecule is C=Cc1ccc(COc2cc(C)c3c(c2)O/C(=C\c2cn(C)c4ccccc24)C3=O)cc1. The zero-order valence-electron chi connectivity index (χ0n) is 18.1. The number of rotatable bonds is 5. The van der Waals surface area contributed by atoms with Crippen LogP contribution in [0.1, 0.15) is 32.6 Å². The molecule has 0 saturated heterocycles. The van der Waals surface area contributed by atoms with Crippen molar-refractivity contribution in [3.8, 4) is 11.5 Å². The Bertz CT molecular complexity index is 1390. The van der Waals surface area contributed by atoms with E-state index in [0.717, 1.165) is 33.2 Å². The summed E-state index contributed by atoms with van der Waals surface area (Å²) >= 11 is 0. The summed E-state index contributed by atoms with van der Waals surface area (Å²) in [6, 6.07) is 19.8. The van der Waals surface area contributed by atoms with Gasteiger partial charge in [0, 0.05) is 35.8 Å². The predicted octanol–water partition coefficient (Wildman–Crippen LogP) is 6.32. The third-order valence-electron chi connectivity index (χ3n) is 5.78. The lowest BCUT2D eigenvalue weighted by Gasteiger charge is -2.09. The Morgan fingerprint density at radius 3 is 2.66 bits per heavy atom. The summed E-state index contributed by atoms with van der Waals surface area (Å²) in [5, 5.41) is 1.08. The Kier molecular flexibility index (Phi) is 4.91. The van der Waals surface area contributed by atoms with Gasteiger partial charge in [-0.05, 0) is 41.8 Å². The number of carbonyl (C=O) groups excluding carboxylic acids is 1. The van der Waals surface area contributed by atoms with Gasteiger partial charge in [0.05, 0.1) is 5.56 Å². The van der Waals surface area contributed by atoms with Crippen LogP contribution in [0.5, 0.6) is 11.5 Å². The summed E-state index contributed by atoms with van der Waals surface area (Å²) in [6.07, 6.45) is 5.65. The molecular formula is C28H23NO3. The number of hydrogen-bond donors (Lipinski definition) is 0. The van der Waals surface area contributed by atoms with Crippen LogP contribution in [0.3, 0.4) is 0 Å². The van der Waals surface area contributed by atoms with Crippen LogP contribution in [0, 0.1) is 6.92 Å². The molecule has 32 heavy (non-hydrogen) atoms. The summed E-state index contributed by atoms with van der Waals surface area (Å²) in [4.78, 5) is 13.1. The molecule has 1 aliphatic rings. The van der Waals surface area contributed by atoms with Crippen molar-refractivity contribution in [3.05, 3.63) is 107 Å². The number of ether oxygens (including phenoxy) is 2. The van der Waals surface area contributed by atoms with E-state index in [4.69, 9.17) is 9.47 Å². The average Bonchev–Trinajstić information content (AvgIpc) is 3.29. The van der Waals surface area contributed by atoms with Crippen LogP contribution in [0.25, 0.3) is 23.1 Å². The van der Waals surface area contributed by atoms with Crippen LogP contribution in [-0.2, 0) is 13.7 Å². The van der Waals surface area contributed by atoms with Crippen molar-refractivity contribution in [1.82, 2.24) is 4.57 Å². The van der Waals surface area contributed by atoms with Crippen molar-refractivity contribution >= 4 is 28.8 Å². The maximum Gasteiger partial charge on any atom is 0.232 e. The van der Waals surface area contributed by atoms with E-state index >= 15 is 0 Å². The summed E-state index contributed by atoms with van der Waals surface area (Å²) in [7, 11) is 2.00. The minimum absolute atomic E-state index is 0.100. The van der Waals surface area contributed by atoms with Crippen LogP contribution in [0.2, 0.25) is 0 Å². The summed E-state index contributed by atoms with van der Waals surface area (Å²) < 4.78 is 14.0. The molecule has 0 spiro atoms. The normalized spacial score (nSPS) is 13.9. The van der Waals surface area contributed by atoms with Crippen molar-refractivity contribution in [2.24, 2.45) is 7.05 Å². The second-order valence-electron chi connectivity index (χ2n) is 8.00. The Morgan fingerprint density at radius 1 is 1.09 bits per heavy atom. The molecule has 0 amide bonds. The Hall–Kier alpha value is -4.05. The zero-order valence-corrected chi connectivity index (χ0v) is 18.1. The van der Waals surface area contributed by atoms with Gasteiger partial charge in [0.25, 0.3) is 0 Å².